The van der Waals surface area contributed by atoms with E-state index >= 15 is 0 Å². The van der Waals surface area contributed by atoms with Crippen molar-refractivity contribution in [3.8, 4) is 0 Å². The molecule has 21 heavy (non-hydrogen) atoms. The van der Waals surface area contributed by atoms with Crippen LogP contribution in [0.4, 0.5) is 9.18 Å². The van der Waals surface area contributed by atoms with Crippen LogP contribution >= 0.6 is 0 Å². The third kappa shape index (κ3) is 5.37. The van der Waals surface area contributed by atoms with Gasteiger partial charge in [0.05, 0.1) is 0 Å². The van der Waals surface area contributed by atoms with Crippen LogP contribution in [-0.4, -0.2) is 23.5 Å². The largest absolute Gasteiger partial charge is 0.338 e. The lowest BCUT2D eigenvalue weighted by molar-refractivity contribution is 0.191. The number of benzene rings is 1. The Balaban J connectivity index is 1.83. The lowest BCUT2D eigenvalue weighted by Gasteiger charge is -2.23. The molecule has 1 aliphatic carbocycles. The number of rotatable bonds is 7. The molecule has 3 nitrogen and oxygen atoms in total. The molecule has 0 heterocycles. The molecule has 0 aliphatic heterocycles. The number of carbonyl (C=O) groups excluding carboxylic acids is 1. The number of amides is 2. The molecule has 2 amide bonds. The molecule has 116 valence electrons. The van der Waals surface area contributed by atoms with Gasteiger partial charge in [0.2, 0.25) is 0 Å². The molecule has 0 unspecified atom stereocenters. The molecule has 0 saturated heterocycles. The van der Waals surface area contributed by atoms with Crippen LogP contribution in [0.1, 0.15) is 45.1 Å². The fourth-order valence-electron chi connectivity index (χ4n) is 2.35. The van der Waals surface area contributed by atoms with Crippen LogP contribution in [0, 0.1) is 11.7 Å². The third-order valence-electron chi connectivity index (χ3n) is 3.75. The van der Waals surface area contributed by atoms with Gasteiger partial charge in [-0.15, -0.1) is 0 Å². The Morgan fingerprint density at radius 1 is 1.33 bits per heavy atom. The minimum absolute atomic E-state index is 0.00517. The minimum atomic E-state index is -0.241. The Kier molecular flexibility index (Phi) is 5.59. The van der Waals surface area contributed by atoms with Crippen molar-refractivity contribution >= 4 is 6.03 Å². The summed E-state index contributed by atoms with van der Waals surface area (Å²) in [5.41, 5.74) is 0.973. The van der Waals surface area contributed by atoms with Crippen molar-refractivity contribution in [3.05, 3.63) is 35.6 Å². The second-order valence-electron chi connectivity index (χ2n) is 6.25. The van der Waals surface area contributed by atoms with E-state index in [9.17, 15) is 9.18 Å². The van der Waals surface area contributed by atoms with Crippen molar-refractivity contribution in [3.63, 3.8) is 0 Å². The second-order valence-corrected chi connectivity index (χ2v) is 6.25. The average Bonchev–Trinajstić information content (AvgIpc) is 3.27. The topological polar surface area (TPSA) is 32.3 Å². The fraction of sp³-hybridized carbons (Fsp3) is 0.588. The minimum Gasteiger partial charge on any atom is -0.338 e. The first kappa shape index (κ1) is 15.8. The number of nitrogens with zero attached hydrogens (tertiary/aromatic N) is 1. The zero-order chi connectivity index (χ0) is 15.2. The summed E-state index contributed by atoms with van der Waals surface area (Å²) in [4.78, 5) is 14.2. The number of hydrogen-bond acceptors (Lipinski definition) is 1. The van der Waals surface area contributed by atoms with Crippen molar-refractivity contribution in [2.45, 2.75) is 52.1 Å². The van der Waals surface area contributed by atoms with Gasteiger partial charge in [-0.1, -0.05) is 26.0 Å². The maximum Gasteiger partial charge on any atom is 0.317 e. The predicted molar refractivity (Wildman–Crippen MR) is 82.4 cm³/mol. The average molecular weight is 292 g/mol. The van der Waals surface area contributed by atoms with Crippen molar-refractivity contribution in [1.82, 2.24) is 10.2 Å². The molecular weight excluding hydrogens is 267 g/mol. The van der Waals surface area contributed by atoms with Gasteiger partial charge in [0.15, 0.2) is 0 Å². The molecule has 0 radical (unpaired) electrons. The number of hydrogen-bond donors (Lipinski definition) is 1. The zero-order valence-electron chi connectivity index (χ0n) is 12.9. The molecule has 1 fully saturated rings. The smallest absolute Gasteiger partial charge is 0.317 e. The van der Waals surface area contributed by atoms with Crippen molar-refractivity contribution in [2.75, 3.05) is 6.54 Å². The van der Waals surface area contributed by atoms with E-state index < -0.39 is 0 Å². The molecule has 0 aromatic heterocycles. The molecular formula is C17H25FN2O. The quantitative estimate of drug-likeness (QED) is 0.759. The van der Waals surface area contributed by atoms with Crippen LogP contribution in [0.5, 0.6) is 0 Å². The maximum absolute atomic E-state index is 12.9. The van der Waals surface area contributed by atoms with Gasteiger partial charge in [0.1, 0.15) is 5.82 Å². The normalized spacial score (nSPS) is 14.3. The highest BCUT2D eigenvalue weighted by Crippen LogP contribution is 2.28. The van der Waals surface area contributed by atoms with Gasteiger partial charge in [-0.2, -0.15) is 0 Å². The van der Waals surface area contributed by atoms with Crippen LogP contribution in [0.15, 0.2) is 24.3 Å². The summed E-state index contributed by atoms with van der Waals surface area (Å²) in [5, 5.41) is 3.00. The van der Waals surface area contributed by atoms with Crippen LogP contribution in [0.2, 0.25) is 0 Å². The Morgan fingerprint density at radius 2 is 2.00 bits per heavy atom. The van der Waals surface area contributed by atoms with E-state index in [4.69, 9.17) is 0 Å². The molecule has 1 N–H and O–H groups in total. The van der Waals surface area contributed by atoms with Gasteiger partial charge < -0.3 is 10.2 Å². The molecule has 0 spiro atoms. The van der Waals surface area contributed by atoms with Crippen molar-refractivity contribution < 1.29 is 9.18 Å². The van der Waals surface area contributed by atoms with Gasteiger partial charge in [-0.05, 0) is 49.3 Å². The van der Waals surface area contributed by atoms with Crippen LogP contribution in [0.25, 0.3) is 0 Å². The van der Waals surface area contributed by atoms with Gasteiger partial charge >= 0.3 is 6.03 Å². The Bertz CT molecular complexity index is 454. The number of nitrogens with one attached hydrogen (secondary N) is 1. The molecule has 1 aromatic rings. The van der Waals surface area contributed by atoms with Crippen LogP contribution < -0.4 is 5.32 Å². The van der Waals surface area contributed by atoms with Gasteiger partial charge in [0.25, 0.3) is 0 Å². The highest BCUT2D eigenvalue weighted by molar-refractivity contribution is 5.74. The van der Waals surface area contributed by atoms with E-state index in [0.29, 0.717) is 18.5 Å². The molecule has 1 aliphatic rings. The van der Waals surface area contributed by atoms with Crippen LogP contribution in [0.3, 0.4) is 0 Å². The molecule has 4 heteroatoms. The summed E-state index contributed by atoms with van der Waals surface area (Å²) in [6.45, 7) is 5.66. The van der Waals surface area contributed by atoms with E-state index in [-0.39, 0.29) is 11.8 Å². The highest BCUT2D eigenvalue weighted by atomic mass is 19.1. The maximum atomic E-state index is 12.9. The predicted octanol–water partition coefficient (Wildman–Crippen LogP) is 3.94. The number of urea groups is 1. The Morgan fingerprint density at radius 3 is 2.57 bits per heavy atom. The zero-order valence-corrected chi connectivity index (χ0v) is 12.9. The van der Waals surface area contributed by atoms with Crippen molar-refractivity contribution in [1.29, 1.82) is 0 Å². The first-order valence-electron chi connectivity index (χ1n) is 7.85. The summed E-state index contributed by atoms with van der Waals surface area (Å²) in [5.74, 6) is 0.426. The fourth-order valence-corrected chi connectivity index (χ4v) is 2.35. The van der Waals surface area contributed by atoms with Gasteiger partial charge in [-0.3, -0.25) is 0 Å². The highest BCUT2D eigenvalue weighted by Gasteiger charge is 2.32. The molecule has 1 saturated carbocycles. The van der Waals surface area contributed by atoms with E-state index in [0.717, 1.165) is 37.8 Å². The first-order valence-corrected chi connectivity index (χ1v) is 7.85. The first-order chi connectivity index (χ1) is 10.1. The van der Waals surface area contributed by atoms with Gasteiger partial charge in [-0.25, -0.2) is 9.18 Å². The lowest BCUT2D eigenvalue weighted by Crippen LogP contribution is -2.41. The summed E-state index contributed by atoms with van der Waals surface area (Å²) in [6.07, 6.45) is 4.28. The molecule has 0 bridgehead atoms. The van der Waals surface area contributed by atoms with Crippen LogP contribution in [-0.2, 0) is 6.54 Å². The second kappa shape index (κ2) is 7.43. The summed E-state index contributed by atoms with van der Waals surface area (Å²) in [6, 6.07) is 6.74. The third-order valence-corrected chi connectivity index (χ3v) is 3.75. The monoisotopic (exact) mass is 292 g/mol. The lowest BCUT2D eigenvalue weighted by atomic mass is 10.1. The Hall–Kier alpha value is -1.58. The molecule has 0 atom stereocenters. The van der Waals surface area contributed by atoms with E-state index in [1.807, 2.05) is 4.90 Å². The Labute approximate surface area is 126 Å². The van der Waals surface area contributed by atoms with Gasteiger partial charge in [0, 0.05) is 19.1 Å². The van der Waals surface area contributed by atoms with Crippen molar-refractivity contribution in [2.24, 2.45) is 5.92 Å². The summed E-state index contributed by atoms with van der Waals surface area (Å²) >= 11 is 0. The number of halogens is 1. The SMILES string of the molecule is CC(C)CCCNC(=O)N(Cc1ccc(F)cc1)C1CC1. The summed E-state index contributed by atoms with van der Waals surface area (Å²) in [7, 11) is 0. The molecule has 2 rings (SSSR count). The molecule has 1 aromatic carbocycles. The number of carbonyl (C=O) groups is 1. The van der Waals surface area contributed by atoms with E-state index in [1.165, 1.54) is 12.1 Å². The van der Waals surface area contributed by atoms with E-state index in [1.54, 1.807) is 12.1 Å². The summed E-state index contributed by atoms with van der Waals surface area (Å²) < 4.78 is 12.9. The standard InChI is InChI=1S/C17H25FN2O/c1-13(2)4-3-11-19-17(21)20(16-9-10-16)12-14-5-7-15(18)8-6-14/h5-8,13,16H,3-4,9-12H2,1-2H3,(H,19,21). The van der Waals surface area contributed by atoms with E-state index in [2.05, 4.69) is 19.2 Å².